The number of carbonyl (C=O) groups is 2. The molecular weight excluding hydrogens is 265 g/mol. The van der Waals surface area contributed by atoms with Gasteiger partial charge >= 0.3 is 5.97 Å². The van der Waals surface area contributed by atoms with Crippen molar-refractivity contribution < 1.29 is 14.3 Å². The number of halogens is 2. The molecule has 17 heavy (non-hydrogen) atoms. The monoisotopic (exact) mass is 281 g/mol. The first kappa shape index (κ1) is 14.6. The van der Waals surface area contributed by atoms with E-state index in [9.17, 15) is 9.59 Å². The molecule has 0 bridgehead atoms. The van der Waals surface area contributed by atoms with E-state index >= 15 is 0 Å². The molecule has 0 heterocycles. The van der Waals surface area contributed by atoms with Gasteiger partial charge in [-0.1, -0.05) is 0 Å². The van der Waals surface area contributed by atoms with Crippen LogP contribution in [0.5, 0.6) is 0 Å². The van der Waals surface area contributed by atoms with Gasteiger partial charge in [0.1, 0.15) is 9.75 Å². The fraction of sp³-hybridized carbons (Fsp3) is 0.818. The highest BCUT2D eigenvalue weighted by Crippen LogP contribution is 2.64. The van der Waals surface area contributed by atoms with Crippen LogP contribution >= 0.6 is 23.2 Å². The second-order valence-corrected chi connectivity index (χ2v) is 6.41. The summed E-state index contributed by atoms with van der Waals surface area (Å²) >= 11 is 11.7. The van der Waals surface area contributed by atoms with Gasteiger partial charge in [0, 0.05) is 12.5 Å². The Morgan fingerprint density at radius 3 is 2.12 bits per heavy atom. The smallest absolute Gasteiger partial charge is 0.315 e. The molecule has 98 valence electrons. The van der Waals surface area contributed by atoms with Crippen molar-refractivity contribution >= 4 is 35.1 Å². The van der Waals surface area contributed by atoms with Gasteiger partial charge in [0.05, 0.1) is 0 Å². The maximum Gasteiger partial charge on any atom is 0.315 e. The number of nitrogens with one attached hydrogen (secondary N) is 1. The Kier molecular flexibility index (Phi) is 3.99. The summed E-state index contributed by atoms with van der Waals surface area (Å²) in [7, 11) is 0. The van der Waals surface area contributed by atoms with E-state index in [-0.39, 0.29) is 11.9 Å². The molecule has 0 spiro atoms. The SMILES string of the molecule is CC(C)NC(=O)C(C)OC(=O)C1(C)CC1(Cl)Cl. The molecule has 6 heteroatoms. The Hall–Kier alpha value is -0.480. The van der Waals surface area contributed by atoms with E-state index in [1.807, 2.05) is 13.8 Å². The summed E-state index contributed by atoms with van der Waals surface area (Å²) in [6, 6.07) is 0.000286. The molecule has 0 aromatic carbocycles. The third-order valence-corrected chi connectivity index (χ3v) is 3.89. The van der Waals surface area contributed by atoms with E-state index in [0.717, 1.165) is 0 Å². The highest BCUT2D eigenvalue weighted by atomic mass is 35.5. The maximum absolute atomic E-state index is 11.8. The summed E-state index contributed by atoms with van der Waals surface area (Å²) in [5, 5.41) is 2.66. The molecule has 1 saturated carbocycles. The van der Waals surface area contributed by atoms with Crippen molar-refractivity contribution in [1.29, 1.82) is 0 Å². The van der Waals surface area contributed by atoms with Crippen molar-refractivity contribution in [2.45, 2.75) is 50.6 Å². The predicted octanol–water partition coefficient (Wildman–Crippen LogP) is 2.03. The standard InChI is InChI=1S/C11H17Cl2NO3/c1-6(2)14-8(15)7(3)17-9(16)10(4)5-11(10,12)13/h6-7H,5H2,1-4H3,(H,14,15). The van der Waals surface area contributed by atoms with E-state index in [4.69, 9.17) is 27.9 Å². The van der Waals surface area contributed by atoms with Crippen LogP contribution in [0.15, 0.2) is 0 Å². The lowest BCUT2D eigenvalue weighted by Crippen LogP contribution is -2.40. The van der Waals surface area contributed by atoms with E-state index in [1.165, 1.54) is 6.92 Å². The molecule has 0 aromatic rings. The number of ether oxygens (including phenoxy) is 1. The Labute approximate surface area is 111 Å². The molecule has 1 N–H and O–H groups in total. The minimum atomic E-state index is -1.07. The normalized spacial score (nSPS) is 27.5. The van der Waals surface area contributed by atoms with Gasteiger partial charge in [-0.25, -0.2) is 0 Å². The van der Waals surface area contributed by atoms with Gasteiger partial charge in [-0.2, -0.15) is 0 Å². The van der Waals surface area contributed by atoms with Crippen LogP contribution in [-0.2, 0) is 14.3 Å². The highest BCUT2D eigenvalue weighted by Gasteiger charge is 2.69. The van der Waals surface area contributed by atoms with Gasteiger partial charge in [-0.15, -0.1) is 23.2 Å². The molecule has 0 aromatic heterocycles. The predicted molar refractivity (Wildman–Crippen MR) is 66.0 cm³/mol. The number of alkyl halides is 2. The van der Waals surface area contributed by atoms with Crippen LogP contribution in [-0.4, -0.2) is 28.4 Å². The molecule has 1 aliphatic rings. The van der Waals surface area contributed by atoms with Crippen molar-refractivity contribution in [2.75, 3.05) is 0 Å². The van der Waals surface area contributed by atoms with Crippen molar-refractivity contribution in [2.24, 2.45) is 5.41 Å². The summed E-state index contributed by atoms with van der Waals surface area (Å²) < 4.78 is 3.98. The summed E-state index contributed by atoms with van der Waals surface area (Å²) in [4.78, 5) is 23.3. The number of esters is 1. The summed E-state index contributed by atoms with van der Waals surface area (Å²) in [5.41, 5.74) is -0.900. The zero-order chi connectivity index (χ0) is 13.4. The largest absolute Gasteiger partial charge is 0.452 e. The lowest BCUT2D eigenvalue weighted by Gasteiger charge is -2.18. The van der Waals surface area contributed by atoms with Crippen molar-refractivity contribution in [3.8, 4) is 0 Å². The molecule has 2 unspecified atom stereocenters. The Balaban J connectivity index is 2.50. The van der Waals surface area contributed by atoms with Crippen LogP contribution in [0.1, 0.15) is 34.1 Å². The van der Waals surface area contributed by atoms with Crippen molar-refractivity contribution in [3.05, 3.63) is 0 Å². The fourth-order valence-electron chi connectivity index (χ4n) is 1.37. The quantitative estimate of drug-likeness (QED) is 0.634. The molecule has 0 radical (unpaired) electrons. The molecule has 0 saturated heterocycles. The number of carbonyl (C=O) groups excluding carboxylic acids is 2. The number of hydrogen-bond acceptors (Lipinski definition) is 3. The molecule has 2 atom stereocenters. The van der Waals surface area contributed by atoms with Crippen molar-refractivity contribution in [1.82, 2.24) is 5.32 Å². The lowest BCUT2D eigenvalue weighted by molar-refractivity contribution is -0.159. The van der Waals surface area contributed by atoms with Crippen LogP contribution in [0.2, 0.25) is 0 Å². The van der Waals surface area contributed by atoms with Crippen LogP contribution in [0.25, 0.3) is 0 Å². The highest BCUT2D eigenvalue weighted by molar-refractivity contribution is 6.53. The second kappa shape index (κ2) is 4.65. The van der Waals surface area contributed by atoms with E-state index in [2.05, 4.69) is 5.32 Å². The van der Waals surface area contributed by atoms with Gasteiger partial charge in [-0.3, -0.25) is 9.59 Å². The molecule has 1 aliphatic carbocycles. The topological polar surface area (TPSA) is 55.4 Å². The Morgan fingerprint density at radius 1 is 1.29 bits per heavy atom. The molecule has 1 fully saturated rings. The molecule has 4 nitrogen and oxygen atoms in total. The van der Waals surface area contributed by atoms with Gasteiger partial charge in [0.25, 0.3) is 5.91 Å². The van der Waals surface area contributed by atoms with Crippen LogP contribution in [0, 0.1) is 5.41 Å². The fourth-order valence-corrected chi connectivity index (χ4v) is 2.06. The van der Waals surface area contributed by atoms with Crippen LogP contribution < -0.4 is 5.32 Å². The molecule has 1 rings (SSSR count). The third kappa shape index (κ3) is 3.05. The summed E-state index contributed by atoms with van der Waals surface area (Å²) in [5.74, 6) is -0.860. The minimum absolute atomic E-state index is 0.000286. The summed E-state index contributed by atoms with van der Waals surface area (Å²) in [6.45, 7) is 6.81. The molecule has 0 aliphatic heterocycles. The van der Waals surface area contributed by atoms with Crippen LogP contribution in [0.4, 0.5) is 0 Å². The Bertz CT molecular complexity index is 344. The Morgan fingerprint density at radius 2 is 1.76 bits per heavy atom. The van der Waals surface area contributed by atoms with Gasteiger partial charge in [0.15, 0.2) is 6.10 Å². The first-order valence-corrected chi connectivity index (χ1v) is 6.25. The third-order valence-electron chi connectivity index (χ3n) is 2.79. The molecular formula is C11H17Cl2NO3. The van der Waals surface area contributed by atoms with E-state index < -0.39 is 21.8 Å². The average molecular weight is 282 g/mol. The van der Waals surface area contributed by atoms with Gasteiger partial charge < -0.3 is 10.1 Å². The average Bonchev–Trinajstić information content (AvgIpc) is 2.66. The van der Waals surface area contributed by atoms with Crippen molar-refractivity contribution in [3.63, 3.8) is 0 Å². The second-order valence-electron chi connectivity index (χ2n) is 4.92. The number of rotatable bonds is 4. The van der Waals surface area contributed by atoms with Gasteiger partial charge in [0.2, 0.25) is 0 Å². The zero-order valence-corrected chi connectivity index (χ0v) is 11.9. The van der Waals surface area contributed by atoms with Crippen LogP contribution in [0.3, 0.4) is 0 Å². The molecule has 1 amide bonds. The first-order valence-electron chi connectivity index (χ1n) is 5.49. The zero-order valence-electron chi connectivity index (χ0n) is 10.3. The first-order chi connectivity index (χ1) is 7.60. The minimum Gasteiger partial charge on any atom is -0.452 e. The lowest BCUT2D eigenvalue weighted by atomic mass is 10.1. The number of hydrogen-bond donors (Lipinski definition) is 1. The van der Waals surface area contributed by atoms with E-state index in [1.54, 1.807) is 6.92 Å². The maximum atomic E-state index is 11.8. The number of amides is 1. The van der Waals surface area contributed by atoms with Gasteiger partial charge in [-0.05, 0) is 27.7 Å². The summed E-state index contributed by atoms with van der Waals surface area (Å²) in [6.07, 6.45) is -0.494. The van der Waals surface area contributed by atoms with E-state index in [0.29, 0.717) is 6.42 Å².